The second kappa shape index (κ2) is 3.76. The second-order valence-corrected chi connectivity index (χ2v) is 3.92. The molecule has 0 amide bonds. The van der Waals surface area contributed by atoms with Crippen molar-refractivity contribution in [3.63, 3.8) is 0 Å². The van der Waals surface area contributed by atoms with Gasteiger partial charge in [0.1, 0.15) is 0 Å². The smallest absolute Gasteiger partial charge is 0.0794 e. The molecule has 3 nitrogen and oxygen atoms in total. The molecule has 1 aliphatic rings. The van der Waals surface area contributed by atoms with Crippen molar-refractivity contribution in [1.29, 1.82) is 0 Å². The van der Waals surface area contributed by atoms with Gasteiger partial charge in [0.25, 0.3) is 0 Å². The lowest BCUT2D eigenvalue weighted by Gasteiger charge is -2.36. The maximum Gasteiger partial charge on any atom is 0.0794 e. The minimum absolute atomic E-state index is 0.398. The van der Waals surface area contributed by atoms with Crippen molar-refractivity contribution in [2.45, 2.75) is 18.4 Å². The zero-order chi connectivity index (χ0) is 8.32. The fourth-order valence-corrected chi connectivity index (χ4v) is 1.84. The predicted octanol–water partition coefficient (Wildman–Crippen LogP) is 0.0500. The fourth-order valence-electron chi connectivity index (χ4n) is 1.29. The van der Waals surface area contributed by atoms with E-state index in [1.165, 1.54) is 0 Å². The van der Waals surface area contributed by atoms with Gasteiger partial charge in [0.15, 0.2) is 0 Å². The lowest BCUT2D eigenvalue weighted by atomic mass is 9.93. The Bertz CT molecular complexity index is 124. The molecule has 0 bridgehead atoms. The maximum atomic E-state index is 9.73. The molecule has 0 unspecified atom stereocenters. The first kappa shape index (κ1) is 9.32. The highest BCUT2D eigenvalue weighted by atomic mass is 32.2. The minimum atomic E-state index is -0.577. The van der Waals surface area contributed by atoms with E-state index in [0.717, 1.165) is 25.9 Å². The summed E-state index contributed by atoms with van der Waals surface area (Å²) in [7, 11) is 0. The van der Waals surface area contributed by atoms with Crippen LogP contribution in [0, 0.1) is 0 Å². The van der Waals surface area contributed by atoms with Crippen molar-refractivity contribution in [2.24, 2.45) is 5.73 Å². The molecule has 0 spiro atoms. The summed E-state index contributed by atoms with van der Waals surface area (Å²) < 4.78 is 2.25. The average Bonchev–Trinajstić information content (AvgIpc) is 2.06. The second-order valence-electron chi connectivity index (χ2n) is 3.04. The number of piperidine rings is 1. The van der Waals surface area contributed by atoms with Crippen molar-refractivity contribution >= 4 is 11.9 Å². The number of hydrogen-bond donors (Lipinski definition) is 2. The number of rotatable bonds is 2. The van der Waals surface area contributed by atoms with E-state index in [1.54, 1.807) is 11.9 Å². The van der Waals surface area contributed by atoms with Crippen LogP contribution in [0.4, 0.5) is 0 Å². The lowest BCUT2D eigenvalue weighted by Crippen LogP contribution is -2.46. The Morgan fingerprint density at radius 3 is 2.45 bits per heavy atom. The summed E-state index contributed by atoms with van der Waals surface area (Å²) >= 11 is 1.74. The molecule has 0 aromatic heterocycles. The average molecular weight is 176 g/mol. The van der Waals surface area contributed by atoms with E-state index in [9.17, 15) is 5.11 Å². The Kier molecular flexibility index (Phi) is 3.18. The van der Waals surface area contributed by atoms with Crippen molar-refractivity contribution < 1.29 is 5.11 Å². The Morgan fingerprint density at radius 2 is 2.09 bits per heavy atom. The van der Waals surface area contributed by atoms with E-state index in [-0.39, 0.29) is 0 Å². The van der Waals surface area contributed by atoms with Gasteiger partial charge in [-0.05, 0) is 19.1 Å². The van der Waals surface area contributed by atoms with Gasteiger partial charge in [-0.2, -0.15) is 0 Å². The van der Waals surface area contributed by atoms with Crippen molar-refractivity contribution in [3.8, 4) is 0 Å². The van der Waals surface area contributed by atoms with Crippen molar-refractivity contribution in [3.05, 3.63) is 0 Å². The molecule has 0 aliphatic carbocycles. The summed E-state index contributed by atoms with van der Waals surface area (Å²) in [4.78, 5) is 0. The Labute approximate surface area is 72.1 Å². The molecule has 0 aromatic rings. The highest BCUT2D eigenvalue weighted by Crippen LogP contribution is 2.23. The first-order chi connectivity index (χ1) is 5.20. The quantitative estimate of drug-likeness (QED) is 0.584. The molecule has 4 heteroatoms. The molecule has 1 heterocycles. The summed E-state index contributed by atoms with van der Waals surface area (Å²) in [5, 5.41) is 9.73. The molecule has 1 aliphatic heterocycles. The molecule has 3 N–H and O–H groups in total. The molecule has 66 valence electrons. The summed E-state index contributed by atoms with van der Waals surface area (Å²) in [5.74, 6) is 0. The van der Waals surface area contributed by atoms with E-state index in [4.69, 9.17) is 5.73 Å². The van der Waals surface area contributed by atoms with Gasteiger partial charge in [0, 0.05) is 19.6 Å². The summed E-state index contributed by atoms with van der Waals surface area (Å²) in [6.07, 6.45) is 3.68. The highest BCUT2D eigenvalue weighted by Gasteiger charge is 2.30. The van der Waals surface area contributed by atoms with E-state index in [2.05, 4.69) is 10.6 Å². The van der Waals surface area contributed by atoms with Crippen LogP contribution in [0.3, 0.4) is 0 Å². The minimum Gasteiger partial charge on any atom is -0.388 e. The van der Waals surface area contributed by atoms with Gasteiger partial charge in [0.2, 0.25) is 0 Å². The summed E-state index contributed by atoms with van der Waals surface area (Å²) in [6.45, 7) is 2.30. The van der Waals surface area contributed by atoms with Gasteiger partial charge in [0.05, 0.1) is 5.60 Å². The van der Waals surface area contributed by atoms with Crippen LogP contribution < -0.4 is 5.73 Å². The van der Waals surface area contributed by atoms with Crippen LogP contribution >= 0.6 is 11.9 Å². The van der Waals surface area contributed by atoms with Crippen LogP contribution in [-0.4, -0.2) is 40.9 Å². The normalized spacial score (nSPS) is 25.4. The first-order valence-corrected chi connectivity index (χ1v) is 5.10. The summed E-state index contributed by atoms with van der Waals surface area (Å²) in [6, 6.07) is 0. The molecule has 1 saturated heterocycles. The van der Waals surface area contributed by atoms with Gasteiger partial charge in [-0.3, -0.25) is 4.31 Å². The molecule has 0 atom stereocenters. The van der Waals surface area contributed by atoms with E-state index >= 15 is 0 Å². The Balaban J connectivity index is 2.35. The topological polar surface area (TPSA) is 49.5 Å². The Hall–Kier alpha value is 0.230. The summed E-state index contributed by atoms with van der Waals surface area (Å²) in [5.41, 5.74) is 4.87. The highest BCUT2D eigenvalue weighted by molar-refractivity contribution is 7.96. The first-order valence-electron chi connectivity index (χ1n) is 3.92. The molecule has 11 heavy (non-hydrogen) atoms. The van der Waals surface area contributed by atoms with Crippen LogP contribution in [0.5, 0.6) is 0 Å². The van der Waals surface area contributed by atoms with Gasteiger partial charge >= 0.3 is 0 Å². The van der Waals surface area contributed by atoms with Gasteiger partial charge in [-0.15, -0.1) is 0 Å². The molecule has 0 saturated carbocycles. The Morgan fingerprint density at radius 1 is 1.55 bits per heavy atom. The van der Waals surface area contributed by atoms with Gasteiger partial charge in [-0.25, -0.2) is 0 Å². The van der Waals surface area contributed by atoms with Gasteiger partial charge < -0.3 is 10.8 Å². The number of nitrogens with two attached hydrogens (primary N) is 1. The third kappa shape index (κ3) is 2.33. The van der Waals surface area contributed by atoms with E-state index < -0.39 is 5.60 Å². The monoisotopic (exact) mass is 176 g/mol. The molecular formula is C7H16N2OS. The van der Waals surface area contributed by atoms with Crippen LogP contribution in [0.2, 0.25) is 0 Å². The zero-order valence-corrected chi connectivity index (χ0v) is 7.73. The maximum absolute atomic E-state index is 9.73. The molecule has 0 radical (unpaired) electrons. The molecule has 0 aromatic carbocycles. The van der Waals surface area contributed by atoms with Crippen LogP contribution in [0.15, 0.2) is 0 Å². The molecule has 1 rings (SSSR count). The predicted molar refractivity (Wildman–Crippen MR) is 48.3 cm³/mol. The molecule has 1 fully saturated rings. The number of nitrogens with zero attached hydrogens (tertiary/aromatic N) is 1. The fraction of sp³-hybridized carbons (Fsp3) is 1.00. The van der Waals surface area contributed by atoms with Crippen molar-refractivity contribution in [1.82, 2.24) is 4.31 Å². The van der Waals surface area contributed by atoms with Crippen LogP contribution in [0.25, 0.3) is 0 Å². The lowest BCUT2D eigenvalue weighted by molar-refractivity contribution is 0.00516. The van der Waals surface area contributed by atoms with Gasteiger partial charge in [-0.1, -0.05) is 11.9 Å². The molecular weight excluding hydrogens is 160 g/mol. The number of hydrogen-bond acceptors (Lipinski definition) is 4. The third-order valence-electron chi connectivity index (χ3n) is 2.29. The van der Waals surface area contributed by atoms with Crippen LogP contribution in [0.1, 0.15) is 12.8 Å². The SMILES string of the molecule is CSN1CCC(O)(CN)CC1. The van der Waals surface area contributed by atoms with E-state index in [0.29, 0.717) is 6.54 Å². The number of aliphatic hydroxyl groups is 1. The zero-order valence-electron chi connectivity index (χ0n) is 6.92. The third-order valence-corrected chi connectivity index (χ3v) is 3.17. The van der Waals surface area contributed by atoms with E-state index in [1.807, 2.05) is 0 Å². The van der Waals surface area contributed by atoms with Crippen LogP contribution in [-0.2, 0) is 0 Å². The largest absolute Gasteiger partial charge is 0.388 e. The standard InChI is InChI=1S/C7H16N2OS/c1-11-9-4-2-7(10,6-8)3-5-9/h10H,2-6,8H2,1H3. The van der Waals surface area contributed by atoms with Crippen molar-refractivity contribution in [2.75, 3.05) is 25.9 Å².